The van der Waals surface area contributed by atoms with Crippen molar-refractivity contribution in [2.45, 2.75) is 64.0 Å². The Morgan fingerprint density at radius 1 is 1.00 bits per heavy atom. The largest absolute Gasteiger partial charge is 0.483 e. The molecule has 11 heteroatoms. The van der Waals surface area contributed by atoms with Gasteiger partial charge in [-0.1, -0.05) is 24.1 Å². The molecule has 3 heterocycles. The number of hydrogen-bond donors (Lipinski definition) is 0. The van der Waals surface area contributed by atoms with E-state index in [1.54, 1.807) is 39.1 Å². The SMILES string of the molecule is CC1CCCCN1S(=O)(=O)N1CCN(c2cnn(-c3cccc(Cl)c3)c(=O)c2OC2CCCC2)CC1. The number of nitrogens with zero attached hydrogens (tertiary/aromatic N) is 5. The first-order valence-corrected chi connectivity index (χ1v) is 14.7. The van der Waals surface area contributed by atoms with E-state index in [2.05, 4.69) is 5.10 Å². The predicted molar refractivity (Wildman–Crippen MR) is 140 cm³/mol. The Morgan fingerprint density at radius 3 is 2.42 bits per heavy atom. The molecule has 0 N–H and O–H groups in total. The molecular weight excluding hydrogens is 502 g/mol. The van der Waals surface area contributed by atoms with Gasteiger partial charge in [0.05, 0.1) is 18.0 Å². The van der Waals surface area contributed by atoms with Gasteiger partial charge in [0.2, 0.25) is 5.75 Å². The molecular formula is C25H34ClN5O4S. The Balaban J connectivity index is 1.40. The third kappa shape index (κ3) is 5.14. The smallest absolute Gasteiger partial charge is 0.316 e. The van der Waals surface area contributed by atoms with Crippen molar-refractivity contribution in [1.82, 2.24) is 18.4 Å². The van der Waals surface area contributed by atoms with Crippen LogP contribution in [0.2, 0.25) is 5.02 Å². The normalized spacial score (nSPS) is 22.7. The highest BCUT2D eigenvalue weighted by molar-refractivity contribution is 7.86. The van der Waals surface area contributed by atoms with E-state index in [1.165, 1.54) is 4.68 Å². The molecule has 9 nitrogen and oxygen atoms in total. The topological polar surface area (TPSA) is 88.0 Å². The summed E-state index contributed by atoms with van der Waals surface area (Å²) in [5.41, 5.74) is 0.856. The maximum absolute atomic E-state index is 13.6. The van der Waals surface area contributed by atoms with Crippen LogP contribution in [0.25, 0.3) is 5.69 Å². The molecule has 36 heavy (non-hydrogen) atoms. The minimum Gasteiger partial charge on any atom is -0.483 e. The summed E-state index contributed by atoms with van der Waals surface area (Å²) >= 11 is 6.15. The quantitative estimate of drug-likeness (QED) is 0.563. The molecule has 0 radical (unpaired) electrons. The molecule has 1 aliphatic carbocycles. The second-order valence-electron chi connectivity index (χ2n) is 9.93. The van der Waals surface area contributed by atoms with Crippen molar-refractivity contribution < 1.29 is 13.2 Å². The summed E-state index contributed by atoms with van der Waals surface area (Å²) in [5, 5.41) is 4.95. The van der Waals surface area contributed by atoms with Gasteiger partial charge < -0.3 is 9.64 Å². The van der Waals surface area contributed by atoms with Crippen LogP contribution < -0.4 is 15.2 Å². The van der Waals surface area contributed by atoms with Gasteiger partial charge in [-0.15, -0.1) is 0 Å². The van der Waals surface area contributed by atoms with Crippen molar-refractivity contribution in [2.75, 3.05) is 37.6 Å². The summed E-state index contributed by atoms with van der Waals surface area (Å²) < 4.78 is 37.4. The van der Waals surface area contributed by atoms with Crippen molar-refractivity contribution in [2.24, 2.45) is 0 Å². The van der Waals surface area contributed by atoms with Gasteiger partial charge in [0.25, 0.3) is 10.2 Å². The number of rotatable bonds is 6. The van der Waals surface area contributed by atoms with Crippen LogP contribution in [0.5, 0.6) is 5.75 Å². The number of hydrogen-bond acceptors (Lipinski definition) is 6. The highest BCUT2D eigenvalue weighted by Gasteiger charge is 2.37. The summed E-state index contributed by atoms with van der Waals surface area (Å²) in [5.74, 6) is 0.276. The minimum absolute atomic E-state index is 0.00563. The molecule has 1 aromatic carbocycles. The summed E-state index contributed by atoms with van der Waals surface area (Å²) in [7, 11) is -3.51. The maximum atomic E-state index is 13.6. The lowest BCUT2D eigenvalue weighted by Gasteiger charge is -2.40. The first-order chi connectivity index (χ1) is 17.3. The number of piperazine rings is 1. The summed E-state index contributed by atoms with van der Waals surface area (Å²) in [6.45, 7) is 4.20. The average Bonchev–Trinajstić information content (AvgIpc) is 3.39. The summed E-state index contributed by atoms with van der Waals surface area (Å²) in [6.07, 6.45) is 8.51. The van der Waals surface area contributed by atoms with Crippen LogP contribution in [0.4, 0.5) is 5.69 Å². The van der Waals surface area contributed by atoms with Gasteiger partial charge in [-0.3, -0.25) is 4.79 Å². The lowest BCUT2D eigenvalue weighted by molar-refractivity contribution is 0.205. The Kier molecular flexibility index (Phi) is 7.57. The van der Waals surface area contributed by atoms with E-state index >= 15 is 0 Å². The van der Waals surface area contributed by atoms with Gasteiger partial charge in [-0.2, -0.15) is 26.8 Å². The van der Waals surface area contributed by atoms with Crippen molar-refractivity contribution in [1.29, 1.82) is 0 Å². The first kappa shape index (κ1) is 25.5. The van der Waals surface area contributed by atoms with Crippen LogP contribution in [0.15, 0.2) is 35.3 Å². The average molecular weight is 536 g/mol. The zero-order valence-corrected chi connectivity index (χ0v) is 22.3. The van der Waals surface area contributed by atoms with Gasteiger partial charge in [0.1, 0.15) is 5.69 Å². The molecule has 1 atom stereocenters. The van der Waals surface area contributed by atoms with E-state index in [0.29, 0.717) is 49.1 Å². The van der Waals surface area contributed by atoms with Gasteiger partial charge >= 0.3 is 5.56 Å². The predicted octanol–water partition coefficient (Wildman–Crippen LogP) is 3.45. The second-order valence-corrected chi connectivity index (χ2v) is 12.2. The molecule has 5 rings (SSSR count). The fourth-order valence-electron chi connectivity index (χ4n) is 5.45. The van der Waals surface area contributed by atoms with Gasteiger partial charge in [-0.25, -0.2) is 0 Å². The number of piperidine rings is 1. The van der Waals surface area contributed by atoms with Gasteiger partial charge in [0.15, 0.2) is 0 Å². The highest BCUT2D eigenvalue weighted by atomic mass is 35.5. The van der Waals surface area contributed by atoms with E-state index in [4.69, 9.17) is 16.3 Å². The molecule has 0 spiro atoms. The van der Waals surface area contributed by atoms with E-state index in [0.717, 1.165) is 44.9 Å². The molecule has 196 valence electrons. The van der Waals surface area contributed by atoms with E-state index in [-0.39, 0.29) is 23.5 Å². The van der Waals surface area contributed by atoms with Crippen molar-refractivity contribution in [3.05, 3.63) is 45.8 Å². The molecule has 1 unspecified atom stereocenters. The number of halogens is 1. The highest BCUT2D eigenvalue weighted by Crippen LogP contribution is 2.31. The Labute approximate surface area is 217 Å². The molecule has 2 aromatic rings. The van der Waals surface area contributed by atoms with Crippen LogP contribution in [-0.4, -0.2) is 71.7 Å². The zero-order valence-electron chi connectivity index (χ0n) is 20.7. The lowest BCUT2D eigenvalue weighted by Crippen LogP contribution is -2.55. The molecule has 3 aliphatic rings. The molecule has 0 amide bonds. The Bertz CT molecular complexity index is 1240. The molecule has 2 saturated heterocycles. The number of anilines is 1. The Morgan fingerprint density at radius 2 is 1.72 bits per heavy atom. The standard InChI is InChI=1S/C25H34ClN5O4S/c1-19-7-4-5-12-30(19)36(33,34)29-15-13-28(14-16-29)23-18-27-31(21-9-6-8-20(26)17-21)25(32)24(23)35-22-10-2-3-11-22/h6,8-9,17-19,22H,2-5,7,10-16H2,1H3. The number of ether oxygens (including phenoxy) is 1. The van der Waals surface area contributed by atoms with Crippen LogP contribution in [0.1, 0.15) is 51.9 Å². The van der Waals surface area contributed by atoms with Crippen LogP contribution in [0.3, 0.4) is 0 Å². The molecule has 1 saturated carbocycles. The first-order valence-electron chi connectivity index (χ1n) is 12.9. The Hall–Kier alpha value is -2.14. The molecule has 3 fully saturated rings. The second kappa shape index (κ2) is 10.7. The van der Waals surface area contributed by atoms with Crippen molar-refractivity contribution in [3.8, 4) is 11.4 Å². The maximum Gasteiger partial charge on any atom is 0.316 e. The lowest BCUT2D eigenvalue weighted by atomic mass is 10.1. The van der Waals surface area contributed by atoms with E-state index in [9.17, 15) is 13.2 Å². The third-order valence-electron chi connectivity index (χ3n) is 7.50. The third-order valence-corrected chi connectivity index (χ3v) is 9.89. The minimum atomic E-state index is -3.51. The molecule has 2 aliphatic heterocycles. The zero-order chi connectivity index (χ0) is 25.3. The van der Waals surface area contributed by atoms with Crippen molar-refractivity contribution >= 4 is 27.5 Å². The molecule has 1 aromatic heterocycles. The molecule has 0 bridgehead atoms. The van der Waals surface area contributed by atoms with E-state index in [1.807, 2.05) is 11.8 Å². The monoisotopic (exact) mass is 535 g/mol. The number of benzene rings is 1. The number of aromatic nitrogens is 2. The van der Waals surface area contributed by atoms with Gasteiger partial charge in [0, 0.05) is 43.8 Å². The fraction of sp³-hybridized carbons (Fsp3) is 0.600. The fourth-order valence-corrected chi connectivity index (χ4v) is 7.48. The van der Waals surface area contributed by atoms with Crippen LogP contribution >= 0.6 is 11.6 Å². The van der Waals surface area contributed by atoms with E-state index < -0.39 is 10.2 Å². The van der Waals surface area contributed by atoms with Crippen LogP contribution in [-0.2, 0) is 10.2 Å². The van der Waals surface area contributed by atoms with Gasteiger partial charge in [-0.05, 0) is 63.6 Å². The summed E-state index contributed by atoms with van der Waals surface area (Å²) in [6, 6.07) is 7.03. The van der Waals surface area contributed by atoms with Crippen molar-refractivity contribution in [3.63, 3.8) is 0 Å². The summed E-state index contributed by atoms with van der Waals surface area (Å²) in [4.78, 5) is 15.6. The van der Waals surface area contributed by atoms with Crippen LogP contribution in [0, 0.1) is 0 Å².